The highest BCUT2D eigenvalue weighted by Gasteiger charge is 2.19. The Kier molecular flexibility index (Phi) is 5.26. The van der Waals surface area contributed by atoms with Gasteiger partial charge in [0.15, 0.2) is 0 Å². The highest BCUT2D eigenvalue weighted by molar-refractivity contribution is 6.31. The van der Waals surface area contributed by atoms with Gasteiger partial charge in [-0.25, -0.2) is 4.39 Å². The van der Waals surface area contributed by atoms with Crippen LogP contribution in [0.4, 0.5) is 4.39 Å². The van der Waals surface area contributed by atoms with Gasteiger partial charge in [-0.2, -0.15) is 5.10 Å². The molecule has 2 aromatic carbocycles. The topological polar surface area (TPSA) is 20.0 Å². The maximum absolute atomic E-state index is 12.9. The molecule has 1 heterocycles. The van der Waals surface area contributed by atoms with Crippen LogP contribution in [0, 0.1) is 5.82 Å². The average molecular weight is 333 g/mol. The van der Waals surface area contributed by atoms with Crippen LogP contribution in [0.15, 0.2) is 53.6 Å². The molecular formula is C18H20ClFN3+. The van der Waals surface area contributed by atoms with Crippen molar-refractivity contribution in [1.29, 1.82) is 0 Å². The van der Waals surface area contributed by atoms with Crippen LogP contribution < -0.4 is 4.90 Å². The van der Waals surface area contributed by atoms with Crippen molar-refractivity contribution in [1.82, 2.24) is 5.01 Å². The molecule has 0 saturated carbocycles. The lowest BCUT2D eigenvalue weighted by Gasteiger charge is -2.30. The van der Waals surface area contributed by atoms with Crippen molar-refractivity contribution >= 4 is 17.8 Å². The zero-order chi connectivity index (χ0) is 16.1. The van der Waals surface area contributed by atoms with Crippen molar-refractivity contribution in [3.63, 3.8) is 0 Å². The summed E-state index contributed by atoms with van der Waals surface area (Å²) in [6, 6.07) is 14.4. The van der Waals surface area contributed by atoms with Crippen molar-refractivity contribution in [2.45, 2.75) is 6.54 Å². The summed E-state index contributed by atoms with van der Waals surface area (Å²) < 4.78 is 12.9. The molecular weight excluding hydrogens is 313 g/mol. The predicted octanol–water partition coefficient (Wildman–Crippen LogP) is 2.21. The molecule has 3 rings (SSSR count). The Morgan fingerprint density at radius 3 is 2.48 bits per heavy atom. The van der Waals surface area contributed by atoms with Crippen LogP contribution in [-0.4, -0.2) is 37.4 Å². The fourth-order valence-corrected chi connectivity index (χ4v) is 2.91. The molecule has 0 aromatic heterocycles. The number of nitrogens with zero attached hydrogens (tertiary/aromatic N) is 2. The minimum absolute atomic E-state index is 0.223. The van der Waals surface area contributed by atoms with Gasteiger partial charge in [0.1, 0.15) is 12.4 Å². The summed E-state index contributed by atoms with van der Waals surface area (Å²) in [7, 11) is 0. The fourth-order valence-electron chi connectivity index (χ4n) is 2.71. The summed E-state index contributed by atoms with van der Waals surface area (Å²) in [6.45, 7) is 4.85. The molecule has 0 unspecified atom stereocenters. The number of piperazine rings is 1. The third-order valence-electron chi connectivity index (χ3n) is 4.09. The van der Waals surface area contributed by atoms with Crippen LogP contribution in [0.5, 0.6) is 0 Å². The number of quaternary nitrogens is 1. The Morgan fingerprint density at radius 2 is 1.78 bits per heavy atom. The molecule has 0 spiro atoms. The normalized spacial score (nSPS) is 16.2. The SMILES string of the molecule is Fc1ccc(C=NN2CC[NH+](Cc3ccccc3Cl)CC2)cc1. The van der Waals surface area contributed by atoms with Gasteiger partial charge in [0.05, 0.1) is 32.4 Å². The molecule has 0 amide bonds. The lowest BCUT2D eigenvalue weighted by molar-refractivity contribution is -0.918. The van der Waals surface area contributed by atoms with E-state index < -0.39 is 0 Å². The number of hydrogen-bond acceptors (Lipinski definition) is 2. The highest BCUT2D eigenvalue weighted by Crippen LogP contribution is 2.13. The van der Waals surface area contributed by atoms with E-state index in [0.717, 1.165) is 43.3 Å². The van der Waals surface area contributed by atoms with Gasteiger partial charge in [-0.15, -0.1) is 0 Å². The van der Waals surface area contributed by atoms with Gasteiger partial charge >= 0.3 is 0 Å². The quantitative estimate of drug-likeness (QED) is 0.851. The first-order valence-electron chi connectivity index (χ1n) is 7.82. The van der Waals surface area contributed by atoms with Crippen molar-refractivity contribution in [3.05, 3.63) is 70.5 Å². The maximum Gasteiger partial charge on any atom is 0.123 e. The summed E-state index contributed by atoms with van der Waals surface area (Å²) >= 11 is 6.23. The summed E-state index contributed by atoms with van der Waals surface area (Å²) in [5.41, 5.74) is 2.12. The van der Waals surface area contributed by atoms with Crippen LogP contribution in [0.1, 0.15) is 11.1 Å². The lowest BCUT2D eigenvalue weighted by atomic mass is 10.2. The van der Waals surface area contributed by atoms with Gasteiger partial charge in [-0.3, -0.25) is 5.01 Å². The van der Waals surface area contributed by atoms with E-state index in [1.165, 1.54) is 22.6 Å². The number of benzene rings is 2. The number of rotatable bonds is 4. The molecule has 0 bridgehead atoms. The average Bonchev–Trinajstić information content (AvgIpc) is 2.58. The van der Waals surface area contributed by atoms with Crippen molar-refractivity contribution < 1.29 is 9.29 Å². The highest BCUT2D eigenvalue weighted by atomic mass is 35.5. The maximum atomic E-state index is 12.9. The van der Waals surface area contributed by atoms with Gasteiger partial charge in [0.2, 0.25) is 0 Å². The van der Waals surface area contributed by atoms with E-state index in [9.17, 15) is 4.39 Å². The summed E-state index contributed by atoms with van der Waals surface area (Å²) in [6.07, 6.45) is 1.79. The van der Waals surface area contributed by atoms with Crippen LogP contribution in [-0.2, 0) is 6.54 Å². The first-order chi connectivity index (χ1) is 11.2. The van der Waals surface area contributed by atoms with E-state index >= 15 is 0 Å². The zero-order valence-corrected chi connectivity index (χ0v) is 13.6. The second kappa shape index (κ2) is 7.57. The minimum atomic E-state index is -0.223. The van der Waals surface area contributed by atoms with Crippen molar-refractivity contribution in [2.24, 2.45) is 5.10 Å². The fraction of sp³-hybridized carbons (Fsp3) is 0.278. The third-order valence-corrected chi connectivity index (χ3v) is 4.45. The summed E-state index contributed by atoms with van der Waals surface area (Å²) in [5, 5.41) is 7.40. The Labute approximate surface area is 141 Å². The van der Waals surface area contributed by atoms with Gasteiger partial charge in [0.25, 0.3) is 0 Å². The van der Waals surface area contributed by atoms with E-state index in [2.05, 4.69) is 16.2 Å². The van der Waals surface area contributed by atoms with E-state index in [0.29, 0.717) is 0 Å². The molecule has 23 heavy (non-hydrogen) atoms. The smallest absolute Gasteiger partial charge is 0.123 e. The summed E-state index contributed by atoms with van der Waals surface area (Å²) in [4.78, 5) is 1.52. The molecule has 5 heteroatoms. The molecule has 3 nitrogen and oxygen atoms in total. The molecule has 1 fully saturated rings. The van der Waals surface area contributed by atoms with Gasteiger partial charge in [-0.1, -0.05) is 41.9 Å². The number of hydrazone groups is 1. The monoisotopic (exact) mass is 332 g/mol. The van der Waals surface area contributed by atoms with Crippen LogP contribution in [0.2, 0.25) is 5.02 Å². The molecule has 0 aliphatic carbocycles. The van der Waals surface area contributed by atoms with Crippen molar-refractivity contribution in [3.8, 4) is 0 Å². The molecule has 1 aliphatic rings. The first kappa shape index (κ1) is 16.0. The van der Waals surface area contributed by atoms with Crippen LogP contribution in [0.25, 0.3) is 0 Å². The van der Waals surface area contributed by atoms with Gasteiger partial charge in [-0.05, 0) is 23.8 Å². The van der Waals surface area contributed by atoms with Crippen molar-refractivity contribution in [2.75, 3.05) is 26.2 Å². The van der Waals surface area contributed by atoms with Crippen LogP contribution >= 0.6 is 11.6 Å². The molecule has 1 N–H and O–H groups in total. The Bertz CT molecular complexity index is 664. The Hall–Kier alpha value is -1.91. The van der Waals surface area contributed by atoms with E-state index in [4.69, 9.17) is 11.6 Å². The van der Waals surface area contributed by atoms with E-state index in [1.807, 2.05) is 18.2 Å². The van der Waals surface area contributed by atoms with E-state index in [1.54, 1.807) is 18.3 Å². The largest absolute Gasteiger partial charge is 0.328 e. The predicted molar refractivity (Wildman–Crippen MR) is 91.4 cm³/mol. The molecule has 1 saturated heterocycles. The van der Waals surface area contributed by atoms with Crippen LogP contribution in [0.3, 0.4) is 0 Å². The number of nitrogens with one attached hydrogen (secondary N) is 1. The Morgan fingerprint density at radius 1 is 1.09 bits per heavy atom. The zero-order valence-electron chi connectivity index (χ0n) is 12.9. The number of halogens is 2. The van der Waals surface area contributed by atoms with E-state index in [-0.39, 0.29) is 5.82 Å². The standard InChI is InChI=1S/C18H19ClFN3/c19-18-4-2-1-3-16(18)14-22-9-11-23(12-10-22)21-13-15-5-7-17(20)8-6-15/h1-8,13H,9-12,14H2/p+1. The second-order valence-corrected chi connectivity index (χ2v) is 6.18. The first-order valence-corrected chi connectivity index (χ1v) is 8.20. The Balaban J connectivity index is 1.50. The third kappa shape index (κ3) is 4.53. The molecule has 0 radical (unpaired) electrons. The van der Waals surface area contributed by atoms with Gasteiger partial charge in [0, 0.05) is 10.6 Å². The molecule has 120 valence electrons. The lowest BCUT2D eigenvalue weighted by Crippen LogP contribution is -3.13. The van der Waals surface area contributed by atoms with Gasteiger partial charge < -0.3 is 4.90 Å². The molecule has 2 aromatic rings. The molecule has 0 atom stereocenters. The number of hydrogen-bond donors (Lipinski definition) is 1. The summed E-state index contributed by atoms with van der Waals surface area (Å²) in [5.74, 6) is -0.223. The molecule has 1 aliphatic heterocycles. The second-order valence-electron chi connectivity index (χ2n) is 5.77. The minimum Gasteiger partial charge on any atom is -0.328 e.